The molecule has 1 aromatic carbocycles. The third-order valence-corrected chi connectivity index (χ3v) is 2.46. The van der Waals surface area contributed by atoms with Gasteiger partial charge < -0.3 is 10.1 Å². The van der Waals surface area contributed by atoms with Crippen LogP contribution in [0.3, 0.4) is 0 Å². The van der Waals surface area contributed by atoms with E-state index in [-0.39, 0.29) is 6.04 Å². The average molecular weight is 243 g/mol. The Morgan fingerprint density at radius 3 is 2.71 bits per heavy atom. The molecule has 0 bridgehead atoms. The van der Waals surface area contributed by atoms with Crippen LogP contribution in [0.4, 0.5) is 8.78 Å². The van der Waals surface area contributed by atoms with E-state index in [1.165, 1.54) is 6.07 Å². The van der Waals surface area contributed by atoms with Gasteiger partial charge in [0.25, 0.3) is 0 Å². The Morgan fingerprint density at radius 1 is 1.29 bits per heavy atom. The van der Waals surface area contributed by atoms with Crippen LogP contribution in [-0.2, 0) is 4.74 Å². The van der Waals surface area contributed by atoms with Crippen molar-refractivity contribution < 1.29 is 13.5 Å². The Hall–Kier alpha value is -1.00. The maximum absolute atomic E-state index is 13.6. The lowest BCUT2D eigenvalue weighted by molar-refractivity contribution is 0.122. The van der Waals surface area contributed by atoms with Crippen LogP contribution >= 0.6 is 0 Å². The summed E-state index contributed by atoms with van der Waals surface area (Å²) in [6, 6.07) is 3.19. The molecular formula is C13H19F2NO. The van der Waals surface area contributed by atoms with Crippen LogP contribution in [0.2, 0.25) is 0 Å². The van der Waals surface area contributed by atoms with Crippen molar-refractivity contribution >= 4 is 0 Å². The molecule has 0 amide bonds. The number of hydrogen-bond donors (Lipinski definition) is 1. The van der Waals surface area contributed by atoms with E-state index in [2.05, 4.69) is 5.32 Å². The number of rotatable bonds is 7. The largest absolute Gasteiger partial charge is 0.380 e. The fourth-order valence-corrected chi connectivity index (χ4v) is 1.59. The molecule has 0 aliphatic rings. The van der Waals surface area contributed by atoms with Crippen molar-refractivity contribution in [1.82, 2.24) is 5.32 Å². The van der Waals surface area contributed by atoms with Gasteiger partial charge >= 0.3 is 0 Å². The zero-order chi connectivity index (χ0) is 12.7. The maximum Gasteiger partial charge on any atom is 0.128 e. The maximum atomic E-state index is 13.6. The van der Waals surface area contributed by atoms with Gasteiger partial charge in [-0.2, -0.15) is 0 Å². The van der Waals surface area contributed by atoms with E-state index in [1.54, 1.807) is 0 Å². The normalized spacial score (nSPS) is 12.7. The molecule has 1 atom stereocenters. The van der Waals surface area contributed by atoms with E-state index in [0.717, 1.165) is 25.1 Å². The van der Waals surface area contributed by atoms with Gasteiger partial charge in [-0.3, -0.25) is 0 Å². The summed E-state index contributed by atoms with van der Waals surface area (Å²) in [6.45, 7) is 5.54. The average Bonchev–Trinajstić information content (AvgIpc) is 2.33. The molecule has 0 fully saturated rings. The van der Waals surface area contributed by atoms with E-state index in [4.69, 9.17) is 4.74 Å². The molecule has 0 heterocycles. The molecule has 0 spiro atoms. The van der Waals surface area contributed by atoms with Gasteiger partial charge in [-0.05, 0) is 38.1 Å². The van der Waals surface area contributed by atoms with Crippen molar-refractivity contribution in [1.29, 1.82) is 0 Å². The summed E-state index contributed by atoms with van der Waals surface area (Å²) in [5, 5.41) is 3.16. The van der Waals surface area contributed by atoms with Crippen LogP contribution < -0.4 is 5.32 Å². The molecule has 2 nitrogen and oxygen atoms in total. The fourth-order valence-electron chi connectivity index (χ4n) is 1.59. The van der Waals surface area contributed by atoms with E-state index < -0.39 is 11.6 Å². The van der Waals surface area contributed by atoms with Crippen LogP contribution in [0.5, 0.6) is 0 Å². The molecule has 4 heteroatoms. The first-order chi connectivity index (χ1) is 8.19. The minimum atomic E-state index is -0.429. The van der Waals surface area contributed by atoms with Gasteiger partial charge in [-0.25, -0.2) is 8.78 Å². The van der Waals surface area contributed by atoms with Crippen LogP contribution in [0, 0.1) is 11.6 Å². The molecule has 0 aromatic heterocycles. The Labute approximate surface area is 101 Å². The number of ether oxygens (including phenoxy) is 1. The highest BCUT2D eigenvalue weighted by Gasteiger charge is 2.15. The second-order valence-electron chi connectivity index (χ2n) is 3.83. The predicted molar refractivity (Wildman–Crippen MR) is 63.9 cm³/mol. The topological polar surface area (TPSA) is 21.3 Å². The smallest absolute Gasteiger partial charge is 0.128 e. The monoisotopic (exact) mass is 243 g/mol. The van der Waals surface area contributed by atoms with Crippen LogP contribution in [0.25, 0.3) is 0 Å². The number of hydrogen-bond acceptors (Lipinski definition) is 2. The molecule has 0 aliphatic carbocycles. The summed E-state index contributed by atoms with van der Waals surface area (Å²) in [6.07, 6.45) is 0.930. The van der Waals surface area contributed by atoms with Gasteiger partial charge in [0, 0.05) is 12.2 Å². The predicted octanol–water partition coefficient (Wildman–Crippen LogP) is 3.04. The SMILES string of the molecule is CCCNC(COCC)c1cc(F)ccc1F. The highest BCUT2D eigenvalue weighted by Crippen LogP contribution is 2.19. The highest BCUT2D eigenvalue weighted by molar-refractivity contribution is 5.22. The molecule has 1 N–H and O–H groups in total. The van der Waals surface area contributed by atoms with Gasteiger partial charge in [-0.15, -0.1) is 0 Å². The Kier molecular flexibility index (Phi) is 6.08. The Balaban J connectivity index is 2.82. The van der Waals surface area contributed by atoms with Gasteiger partial charge in [0.15, 0.2) is 0 Å². The van der Waals surface area contributed by atoms with Gasteiger partial charge in [0.05, 0.1) is 12.6 Å². The Morgan fingerprint density at radius 2 is 2.06 bits per heavy atom. The zero-order valence-corrected chi connectivity index (χ0v) is 10.3. The van der Waals surface area contributed by atoms with Crippen molar-refractivity contribution in [2.75, 3.05) is 19.8 Å². The van der Waals surface area contributed by atoms with Crippen molar-refractivity contribution in [2.24, 2.45) is 0 Å². The van der Waals surface area contributed by atoms with Crippen LogP contribution in [0.1, 0.15) is 31.9 Å². The molecule has 0 radical (unpaired) electrons. The second-order valence-corrected chi connectivity index (χ2v) is 3.83. The van der Waals surface area contributed by atoms with Crippen molar-refractivity contribution in [3.63, 3.8) is 0 Å². The molecule has 0 saturated carbocycles. The second kappa shape index (κ2) is 7.35. The quantitative estimate of drug-likeness (QED) is 0.794. The van der Waals surface area contributed by atoms with E-state index in [1.807, 2.05) is 13.8 Å². The molecule has 1 unspecified atom stereocenters. The molecule has 0 aliphatic heterocycles. The molecular weight excluding hydrogens is 224 g/mol. The number of nitrogens with one attached hydrogen (secondary N) is 1. The molecule has 1 rings (SSSR count). The first-order valence-corrected chi connectivity index (χ1v) is 5.95. The summed E-state index contributed by atoms with van der Waals surface area (Å²) in [5.41, 5.74) is 0.326. The first-order valence-electron chi connectivity index (χ1n) is 5.95. The molecule has 0 saturated heterocycles. The van der Waals surface area contributed by atoms with Gasteiger partial charge in [0.2, 0.25) is 0 Å². The van der Waals surface area contributed by atoms with Crippen molar-refractivity contribution in [3.05, 3.63) is 35.4 Å². The standard InChI is InChI=1S/C13H19F2NO/c1-3-7-16-13(9-17-4-2)11-8-10(14)5-6-12(11)15/h5-6,8,13,16H,3-4,7,9H2,1-2H3. The summed E-state index contributed by atoms with van der Waals surface area (Å²) in [4.78, 5) is 0. The third kappa shape index (κ3) is 4.40. The summed E-state index contributed by atoms with van der Waals surface area (Å²) in [7, 11) is 0. The lowest BCUT2D eigenvalue weighted by Crippen LogP contribution is -2.27. The van der Waals surface area contributed by atoms with E-state index >= 15 is 0 Å². The summed E-state index contributed by atoms with van der Waals surface area (Å²) < 4.78 is 32.0. The Bertz CT molecular complexity index is 336. The summed E-state index contributed by atoms with van der Waals surface area (Å²) in [5.74, 6) is -0.832. The minimum Gasteiger partial charge on any atom is -0.380 e. The molecule has 96 valence electrons. The summed E-state index contributed by atoms with van der Waals surface area (Å²) >= 11 is 0. The first kappa shape index (κ1) is 14.1. The molecule has 1 aromatic rings. The minimum absolute atomic E-state index is 0.300. The number of halogens is 2. The lowest BCUT2D eigenvalue weighted by atomic mass is 10.1. The lowest BCUT2D eigenvalue weighted by Gasteiger charge is -2.19. The van der Waals surface area contributed by atoms with Crippen LogP contribution in [-0.4, -0.2) is 19.8 Å². The van der Waals surface area contributed by atoms with Crippen LogP contribution in [0.15, 0.2) is 18.2 Å². The van der Waals surface area contributed by atoms with E-state index in [9.17, 15) is 8.78 Å². The fraction of sp³-hybridized carbons (Fsp3) is 0.538. The van der Waals surface area contributed by atoms with Gasteiger partial charge in [0.1, 0.15) is 11.6 Å². The zero-order valence-electron chi connectivity index (χ0n) is 10.3. The van der Waals surface area contributed by atoms with Crippen molar-refractivity contribution in [2.45, 2.75) is 26.3 Å². The van der Waals surface area contributed by atoms with Gasteiger partial charge in [-0.1, -0.05) is 6.92 Å². The number of benzene rings is 1. The van der Waals surface area contributed by atoms with Crippen molar-refractivity contribution in [3.8, 4) is 0 Å². The highest BCUT2D eigenvalue weighted by atomic mass is 19.1. The third-order valence-electron chi connectivity index (χ3n) is 2.46. The molecule has 17 heavy (non-hydrogen) atoms. The van der Waals surface area contributed by atoms with E-state index in [0.29, 0.717) is 18.8 Å².